The van der Waals surface area contributed by atoms with Crippen LogP contribution in [0.3, 0.4) is 0 Å². The summed E-state index contributed by atoms with van der Waals surface area (Å²) >= 11 is 0. The normalized spacial score (nSPS) is 9.70. The Morgan fingerprint density at radius 2 is 0.370 bits per heavy atom. The van der Waals surface area contributed by atoms with Gasteiger partial charge in [-0.3, -0.25) is 0 Å². The summed E-state index contributed by atoms with van der Waals surface area (Å²) in [5.74, 6) is 0. The number of fused-ring (bicyclic) bond motifs is 14. The third-order valence-corrected chi connectivity index (χ3v) is 23.7. The number of allylic oxidation sites excluding steroid dienone is 8. The molecule has 0 heterocycles. The summed E-state index contributed by atoms with van der Waals surface area (Å²) in [6.07, 6.45) is 12.1. The fourth-order valence-corrected chi connectivity index (χ4v) is 15.6. The Balaban J connectivity index is -0.000000203. The number of benzene rings is 19. The van der Waals surface area contributed by atoms with Crippen LogP contribution in [0.4, 0.5) is 0 Å². The van der Waals surface area contributed by atoms with E-state index in [1.807, 2.05) is 152 Å². The molecule has 0 unspecified atom stereocenters. The van der Waals surface area contributed by atoms with Gasteiger partial charge in [0.1, 0.15) is 0 Å². The molecule has 746 valence electrons. The molecule has 146 heavy (non-hydrogen) atoms. The Hall–Kier alpha value is -1.70. The van der Waals surface area contributed by atoms with E-state index < -0.39 is 0 Å². The minimum Gasteiger partial charge on any atom is -0.376 e. The van der Waals surface area contributed by atoms with Gasteiger partial charge in [-0.15, -0.1) is 55.4 Å². The van der Waals surface area contributed by atoms with Gasteiger partial charge in [-0.2, -0.15) is 0 Å². The Morgan fingerprint density at radius 1 is 0.144 bits per heavy atom. The van der Waals surface area contributed by atoms with Gasteiger partial charge in [-0.05, 0) is 301 Å². The van der Waals surface area contributed by atoms with Crippen LogP contribution in [0.5, 0.6) is 0 Å². The van der Waals surface area contributed by atoms with Crippen molar-refractivity contribution in [2.45, 2.75) is 264 Å². The topological polar surface area (TPSA) is 0 Å². The average Bonchev–Trinajstić information content (AvgIpc) is 0.759. The van der Waals surface area contributed by atoms with Crippen molar-refractivity contribution in [3.63, 3.8) is 0 Å². The van der Waals surface area contributed by atoms with Crippen LogP contribution in [-0.4, -0.2) is 0 Å². The minimum atomic E-state index is 0. The van der Waals surface area contributed by atoms with E-state index in [1.165, 1.54) is 229 Å². The van der Waals surface area contributed by atoms with Gasteiger partial charge in [0, 0.05) is 327 Å². The molecule has 0 N–H and O–H groups in total. The molecule has 0 atom stereocenters. The van der Waals surface area contributed by atoms with E-state index in [-0.39, 0.29) is 342 Å². The van der Waals surface area contributed by atoms with Crippen LogP contribution in [0.2, 0.25) is 0 Å². The first-order chi connectivity index (χ1) is 64.7. The number of hydrogen-bond acceptors (Lipinski definition) is 0. The summed E-state index contributed by atoms with van der Waals surface area (Å²) in [4.78, 5) is 0. The Kier molecular flexibility index (Phi) is 99.0. The quantitative estimate of drug-likeness (QED) is 0.0700. The van der Waals surface area contributed by atoms with Crippen molar-refractivity contribution in [2.24, 2.45) is 0 Å². The number of aryl methyl sites for hydroxylation is 14. The second-order valence-electron chi connectivity index (χ2n) is 32.3. The zero-order valence-corrected chi connectivity index (χ0v) is 123. The molecule has 0 aromatic heterocycles. The van der Waals surface area contributed by atoms with E-state index in [9.17, 15) is 0 Å². The molecular formula is C136H168Y10-4. The molecule has 0 aliphatic heterocycles. The zero-order chi connectivity index (χ0) is 99.8. The molecule has 0 fully saturated rings. The summed E-state index contributed by atoms with van der Waals surface area (Å²) in [6, 6.07) is 114. The first kappa shape index (κ1) is 162. The minimum absolute atomic E-state index is 0. The molecule has 0 bridgehead atoms. The molecule has 0 nitrogen and oxygen atoms in total. The molecule has 19 rings (SSSR count). The number of hydrogen-bond donors (Lipinski definition) is 0. The van der Waals surface area contributed by atoms with Gasteiger partial charge in [0.2, 0.25) is 0 Å². The van der Waals surface area contributed by atoms with E-state index in [1.54, 1.807) is 0 Å². The van der Waals surface area contributed by atoms with Crippen molar-refractivity contribution in [3.8, 4) is 0 Å². The van der Waals surface area contributed by atoms with Crippen LogP contribution in [0.1, 0.15) is 245 Å². The van der Waals surface area contributed by atoms with E-state index in [4.69, 9.17) is 0 Å². The van der Waals surface area contributed by atoms with E-state index in [2.05, 4.69) is 437 Å². The fraction of sp³-hybridized carbons (Fsp3) is 0.279. The van der Waals surface area contributed by atoms with E-state index in [0.717, 1.165) is 0 Å². The van der Waals surface area contributed by atoms with Crippen molar-refractivity contribution in [1.82, 2.24) is 0 Å². The molecule has 0 aliphatic rings. The van der Waals surface area contributed by atoms with Gasteiger partial charge >= 0.3 is 0 Å². The van der Waals surface area contributed by atoms with Crippen LogP contribution in [0.15, 0.2) is 338 Å². The fourth-order valence-electron chi connectivity index (χ4n) is 15.6. The van der Waals surface area contributed by atoms with Crippen molar-refractivity contribution >= 4 is 129 Å². The molecule has 19 aromatic rings. The second-order valence-corrected chi connectivity index (χ2v) is 32.3. The maximum atomic E-state index is 3.03. The summed E-state index contributed by atoms with van der Waals surface area (Å²) in [5.41, 5.74) is 23.7. The number of rotatable bonds is 2. The van der Waals surface area contributed by atoms with Crippen molar-refractivity contribution in [1.29, 1.82) is 0 Å². The molecule has 0 amide bonds. The SMILES string of the molecule is C.C.CC.CC.CC.CC.CC.CC.CC.C[C-]=C(C)C(C)=[C-]C.C[C-]=C(C)C(C)=[C-]C.Cc1c2ccccc2c(C)c2ccccc12.Cc1cc2ccccc2cc1C.Cc1ccc2c(c1)cc(C)c1ccccc12.Cc1ccc2c(ccc3cc(C)ccc32)c1.Cc1ccc2cc3cc(C)ccc3cc2c1.Cc1ccc2ccccc2c1C.Cc1cccc2cc3c(C)cccc3cc12.[Y].[Y].[Y].[Y].[Y].[Y].[Y].[Y].[Y].[Y]. The summed E-state index contributed by atoms with van der Waals surface area (Å²) < 4.78 is 0. The molecule has 0 aliphatic carbocycles. The predicted molar refractivity (Wildman–Crippen MR) is 627 cm³/mol. The van der Waals surface area contributed by atoms with Crippen LogP contribution >= 0.6 is 0 Å². The van der Waals surface area contributed by atoms with Gasteiger partial charge in [-0.25, -0.2) is 0 Å². The Bertz CT molecular complexity index is 6640. The molecule has 0 saturated carbocycles. The van der Waals surface area contributed by atoms with Crippen molar-refractivity contribution < 1.29 is 327 Å². The predicted octanol–water partition coefficient (Wildman–Crippen LogP) is 43.4. The van der Waals surface area contributed by atoms with Crippen molar-refractivity contribution in [2.75, 3.05) is 0 Å². The molecular weight excluding hydrogens is 2520 g/mol. The van der Waals surface area contributed by atoms with Crippen LogP contribution in [0.25, 0.3) is 129 Å². The molecule has 10 radical (unpaired) electrons. The summed E-state index contributed by atoms with van der Waals surface area (Å²) in [6.45, 7) is 74.1. The van der Waals surface area contributed by atoms with Crippen molar-refractivity contribution in [3.05, 3.63) is 440 Å². The zero-order valence-electron chi connectivity index (χ0n) is 94.8. The largest absolute Gasteiger partial charge is 0.376 e. The summed E-state index contributed by atoms with van der Waals surface area (Å²) in [7, 11) is 0. The first-order valence-corrected chi connectivity index (χ1v) is 49.2. The molecule has 0 saturated heterocycles. The third kappa shape index (κ3) is 49.2. The smallest absolute Gasteiger partial charge is 0 e. The van der Waals surface area contributed by atoms with E-state index in [0.29, 0.717) is 0 Å². The molecule has 0 spiro atoms. The molecule has 10 heteroatoms. The van der Waals surface area contributed by atoms with Gasteiger partial charge < -0.3 is 46.6 Å². The average molecular weight is 2690 g/mol. The van der Waals surface area contributed by atoms with Crippen LogP contribution in [-0.2, 0) is 327 Å². The van der Waals surface area contributed by atoms with Crippen LogP contribution in [0, 0.1) is 121 Å². The second kappa shape index (κ2) is 89.3. The standard InChI is InChI=1S/5C16H14.2C12H12.2C8H12.7C2H6.2CH4.10Y/c1-11-3-7-15-13(9-11)5-6-14-10-12(2)4-8-16(14)15;1-11-3-5-13-10-16-8-12(2)4-6-14(16)9-15(13)7-11;1-11-5-3-7-13-10-16-12(2)6-4-8-14(16)9-15(11)13;1-11-13-7-3-5-9-15(13)12(2)16-10-6-4-8-14(11)16;1-11-7-8-15-13(9-11)10-12(2)14-5-3-4-6-16(14)15;1-9-7-11-5-3-4-6-12(11)8-10(9)2;1-9-7-8-11-5-3-4-6-12(11)10(9)2;2*1-5-7(3)8(4)6-2;7*1-2;;;;;;;;;;;;/h5*3-10H,1-2H3;2*3-8H,1-2H3;2*1-4H3;7*1-2H3;2*1H4;;;;;;;;;;/q;;;;;;;2*-2;;;;;;;;;;;;;;;;;;;. The van der Waals surface area contributed by atoms with Gasteiger partial charge in [0.05, 0.1) is 0 Å². The van der Waals surface area contributed by atoms with E-state index >= 15 is 0 Å². The Morgan fingerprint density at radius 3 is 0.692 bits per heavy atom. The maximum Gasteiger partial charge on any atom is 0 e. The van der Waals surface area contributed by atoms with Gasteiger partial charge in [0.15, 0.2) is 0 Å². The van der Waals surface area contributed by atoms with Gasteiger partial charge in [0.25, 0.3) is 0 Å². The first-order valence-electron chi connectivity index (χ1n) is 49.2. The summed E-state index contributed by atoms with van der Waals surface area (Å²) in [5, 5.41) is 32.3. The monoisotopic (exact) mass is 2690 g/mol. The Labute approximate surface area is 1140 Å². The molecule has 19 aromatic carbocycles. The van der Waals surface area contributed by atoms with Gasteiger partial charge in [-0.1, -0.05) is 431 Å². The third-order valence-electron chi connectivity index (χ3n) is 23.7. The van der Waals surface area contributed by atoms with Crippen LogP contribution < -0.4 is 0 Å². The maximum absolute atomic E-state index is 3.03.